The van der Waals surface area contributed by atoms with Crippen LogP contribution in [0.3, 0.4) is 0 Å². The Labute approximate surface area is 154 Å². The lowest BCUT2D eigenvalue weighted by Crippen LogP contribution is -2.56. The van der Waals surface area contributed by atoms with Crippen LogP contribution in [0.25, 0.3) is 0 Å². The zero-order chi connectivity index (χ0) is 18.7. The summed E-state index contributed by atoms with van der Waals surface area (Å²) in [5.41, 5.74) is 0.220. The number of carbonyl (C=O) groups excluding carboxylic acids is 3. The summed E-state index contributed by atoms with van der Waals surface area (Å²) in [6, 6.07) is 0.0946. The Hall–Kier alpha value is -1.85. The number of carbonyl (C=O) groups is 3. The summed E-state index contributed by atoms with van der Waals surface area (Å²) in [5.74, 6) is 0.857. The number of nitrogens with one attached hydrogen (secondary N) is 1. The largest absolute Gasteiger partial charge is 0.463 e. The van der Waals surface area contributed by atoms with Crippen molar-refractivity contribution >= 4 is 17.8 Å². The average Bonchev–Trinajstić information content (AvgIpc) is 2.57. The molecule has 0 aliphatic heterocycles. The van der Waals surface area contributed by atoms with Gasteiger partial charge in [-0.3, -0.25) is 4.79 Å². The molecule has 0 aromatic heterocycles. The molecular weight excluding hydrogens is 334 g/mol. The SMILES string of the molecule is CCOC(=O)/C=C/C(=O)OCC(=O)NC(C)C12CC3CC(CC(C3)C1)C2. The molecule has 4 rings (SSSR count). The molecule has 1 unspecified atom stereocenters. The van der Waals surface area contributed by atoms with Crippen molar-refractivity contribution in [3.8, 4) is 0 Å². The number of hydrogen-bond acceptors (Lipinski definition) is 5. The summed E-state index contributed by atoms with van der Waals surface area (Å²) in [4.78, 5) is 34.9. The molecule has 1 N–H and O–H groups in total. The second kappa shape index (κ2) is 7.80. The van der Waals surface area contributed by atoms with Crippen LogP contribution in [-0.4, -0.2) is 37.1 Å². The van der Waals surface area contributed by atoms with Crippen LogP contribution >= 0.6 is 0 Å². The zero-order valence-corrected chi connectivity index (χ0v) is 15.7. The first kappa shape index (κ1) is 18.9. The van der Waals surface area contributed by atoms with Crippen LogP contribution in [0.5, 0.6) is 0 Å². The molecule has 0 spiro atoms. The van der Waals surface area contributed by atoms with Crippen molar-refractivity contribution in [2.45, 2.75) is 58.4 Å². The fourth-order valence-corrected chi connectivity index (χ4v) is 5.66. The third-order valence-electron chi connectivity index (χ3n) is 6.37. The van der Waals surface area contributed by atoms with Gasteiger partial charge in [0.2, 0.25) is 0 Å². The molecular formula is C20H29NO5. The molecule has 1 atom stereocenters. The van der Waals surface area contributed by atoms with Gasteiger partial charge < -0.3 is 14.8 Å². The van der Waals surface area contributed by atoms with Gasteiger partial charge in [-0.15, -0.1) is 0 Å². The Morgan fingerprint density at radius 1 is 1.00 bits per heavy atom. The number of rotatable bonds is 7. The van der Waals surface area contributed by atoms with E-state index in [2.05, 4.69) is 17.0 Å². The minimum Gasteiger partial charge on any atom is -0.463 e. The van der Waals surface area contributed by atoms with E-state index >= 15 is 0 Å². The highest BCUT2D eigenvalue weighted by Crippen LogP contribution is 2.61. The topological polar surface area (TPSA) is 81.7 Å². The highest BCUT2D eigenvalue weighted by molar-refractivity contribution is 5.92. The molecule has 144 valence electrons. The van der Waals surface area contributed by atoms with Gasteiger partial charge in [-0.2, -0.15) is 0 Å². The zero-order valence-electron chi connectivity index (χ0n) is 15.7. The number of esters is 2. The summed E-state index contributed by atoms with van der Waals surface area (Å²) in [5, 5.41) is 3.05. The normalized spacial score (nSPS) is 33.1. The summed E-state index contributed by atoms with van der Waals surface area (Å²) in [6.45, 7) is 3.68. The second-order valence-corrected chi connectivity index (χ2v) is 8.26. The van der Waals surface area contributed by atoms with Crippen LogP contribution in [0.2, 0.25) is 0 Å². The molecule has 0 radical (unpaired) electrons. The molecule has 26 heavy (non-hydrogen) atoms. The maximum Gasteiger partial charge on any atom is 0.331 e. The second-order valence-electron chi connectivity index (χ2n) is 8.26. The number of ether oxygens (including phenoxy) is 2. The van der Waals surface area contributed by atoms with Gasteiger partial charge in [0, 0.05) is 18.2 Å². The molecule has 0 heterocycles. The van der Waals surface area contributed by atoms with Gasteiger partial charge in [0.05, 0.1) is 6.61 Å². The first-order chi connectivity index (χ1) is 12.4. The summed E-state index contributed by atoms with van der Waals surface area (Å²) in [6.07, 6.45) is 9.71. The van der Waals surface area contributed by atoms with Crippen molar-refractivity contribution in [2.75, 3.05) is 13.2 Å². The summed E-state index contributed by atoms with van der Waals surface area (Å²) in [7, 11) is 0. The molecule has 4 fully saturated rings. The van der Waals surface area contributed by atoms with E-state index in [4.69, 9.17) is 4.74 Å². The fourth-order valence-electron chi connectivity index (χ4n) is 5.66. The van der Waals surface area contributed by atoms with E-state index in [1.807, 2.05) is 0 Å². The molecule has 1 amide bonds. The Bertz CT molecular complexity index is 562. The minimum absolute atomic E-state index is 0.0946. The van der Waals surface area contributed by atoms with Crippen LogP contribution < -0.4 is 5.32 Å². The molecule has 0 aromatic carbocycles. The van der Waals surface area contributed by atoms with Crippen molar-refractivity contribution in [3.63, 3.8) is 0 Å². The Morgan fingerprint density at radius 3 is 2.00 bits per heavy atom. The Balaban J connectivity index is 1.45. The van der Waals surface area contributed by atoms with Crippen molar-refractivity contribution in [3.05, 3.63) is 12.2 Å². The van der Waals surface area contributed by atoms with Gasteiger partial charge >= 0.3 is 11.9 Å². The lowest BCUT2D eigenvalue weighted by molar-refractivity contribution is -0.145. The van der Waals surface area contributed by atoms with Crippen molar-refractivity contribution < 1.29 is 23.9 Å². The maximum atomic E-state index is 12.2. The van der Waals surface area contributed by atoms with Gasteiger partial charge in [0.15, 0.2) is 6.61 Å². The van der Waals surface area contributed by atoms with Gasteiger partial charge in [-0.25, -0.2) is 9.59 Å². The molecule has 4 aliphatic carbocycles. The van der Waals surface area contributed by atoms with Crippen molar-refractivity contribution in [1.29, 1.82) is 0 Å². The summed E-state index contributed by atoms with van der Waals surface area (Å²) < 4.78 is 9.58. The van der Waals surface area contributed by atoms with Gasteiger partial charge in [-0.05, 0) is 75.5 Å². The van der Waals surface area contributed by atoms with Crippen molar-refractivity contribution in [2.24, 2.45) is 23.2 Å². The van der Waals surface area contributed by atoms with E-state index < -0.39 is 11.9 Å². The smallest absolute Gasteiger partial charge is 0.331 e. The highest BCUT2D eigenvalue weighted by atomic mass is 16.5. The molecule has 4 saturated carbocycles. The van der Waals surface area contributed by atoms with E-state index in [1.54, 1.807) is 6.92 Å². The summed E-state index contributed by atoms with van der Waals surface area (Å²) >= 11 is 0. The van der Waals surface area contributed by atoms with E-state index in [0.717, 1.165) is 29.9 Å². The maximum absolute atomic E-state index is 12.2. The van der Waals surface area contributed by atoms with Crippen molar-refractivity contribution in [1.82, 2.24) is 5.32 Å². The minimum atomic E-state index is -0.726. The molecule has 0 aromatic rings. The highest BCUT2D eigenvalue weighted by Gasteiger charge is 2.53. The fraction of sp³-hybridized carbons (Fsp3) is 0.750. The molecule has 0 saturated heterocycles. The van der Waals surface area contributed by atoms with Crippen LogP contribution in [0.15, 0.2) is 12.2 Å². The first-order valence-corrected chi connectivity index (χ1v) is 9.71. The van der Waals surface area contributed by atoms with Crippen LogP contribution in [0.1, 0.15) is 52.4 Å². The van der Waals surface area contributed by atoms with Crippen LogP contribution in [0.4, 0.5) is 0 Å². The Morgan fingerprint density at radius 2 is 1.50 bits per heavy atom. The van der Waals surface area contributed by atoms with Crippen LogP contribution in [-0.2, 0) is 23.9 Å². The third kappa shape index (κ3) is 4.27. The first-order valence-electron chi connectivity index (χ1n) is 9.71. The molecule has 4 bridgehead atoms. The van der Waals surface area contributed by atoms with Gasteiger partial charge in [0.25, 0.3) is 5.91 Å². The van der Waals surface area contributed by atoms with Gasteiger partial charge in [-0.1, -0.05) is 0 Å². The van der Waals surface area contributed by atoms with Gasteiger partial charge in [0.1, 0.15) is 0 Å². The predicted octanol–water partition coefficient (Wildman–Crippen LogP) is 2.37. The Kier molecular flexibility index (Phi) is 5.68. The number of hydrogen-bond donors (Lipinski definition) is 1. The lowest BCUT2D eigenvalue weighted by atomic mass is 9.48. The monoisotopic (exact) mass is 363 g/mol. The third-order valence-corrected chi connectivity index (χ3v) is 6.37. The van der Waals surface area contributed by atoms with E-state index in [1.165, 1.54) is 38.5 Å². The van der Waals surface area contributed by atoms with E-state index in [0.29, 0.717) is 0 Å². The quantitative estimate of drug-likeness (QED) is 0.555. The van der Waals surface area contributed by atoms with Crippen LogP contribution in [0, 0.1) is 23.2 Å². The standard InChI is InChI=1S/C20H29NO5/c1-3-25-18(23)4-5-19(24)26-12-17(22)21-13(2)20-9-14-6-15(10-20)8-16(7-14)11-20/h4-5,13-16H,3,6-12H2,1-2H3,(H,21,22)/b5-4+. The molecule has 4 aliphatic rings. The predicted molar refractivity (Wildman–Crippen MR) is 94.9 cm³/mol. The average molecular weight is 363 g/mol. The number of amides is 1. The van der Waals surface area contributed by atoms with E-state index in [-0.39, 0.29) is 30.6 Å². The molecule has 6 nitrogen and oxygen atoms in total. The van der Waals surface area contributed by atoms with E-state index in [9.17, 15) is 14.4 Å². The lowest BCUT2D eigenvalue weighted by Gasteiger charge is -2.59. The molecule has 6 heteroatoms.